The Morgan fingerprint density at radius 3 is 3.18 bits per heavy atom. The fourth-order valence-electron chi connectivity index (χ4n) is 3.07. The maximum Gasteiger partial charge on any atom is 0.0831 e. The Kier molecular flexibility index (Phi) is 2.38. The van der Waals surface area contributed by atoms with Gasteiger partial charge in [0, 0.05) is 17.9 Å². The number of hydrogen-bond donors (Lipinski definition) is 1. The first-order valence-electron chi connectivity index (χ1n) is 6.16. The van der Waals surface area contributed by atoms with Crippen molar-refractivity contribution in [3.8, 4) is 12.3 Å². The van der Waals surface area contributed by atoms with Gasteiger partial charge < -0.3 is 10.1 Å². The maximum absolute atomic E-state index is 5.79. The van der Waals surface area contributed by atoms with Crippen LogP contribution in [0.1, 0.15) is 25.3 Å². The fourth-order valence-corrected chi connectivity index (χ4v) is 3.07. The standard InChI is InChI=1S/C15H17NO/c1-3-11-5-4-6-12(9-11)16-13-10-15(2)7-8-17-14(13)15/h1,4-6,9,13-14,16H,7-8,10H2,2H3/t13?,14-,15+/m1/s1. The van der Waals surface area contributed by atoms with Gasteiger partial charge in [0.2, 0.25) is 0 Å². The van der Waals surface area contributed by atoms with Gasteiger partial charge in [0.25, 0.3) is 0 Å². The highest BCUT2D eigenvalue weighted by atomic mass is 16.5. The van der Waals surface area contributed by atoms with E-state index in [2.05, 4.69) is 24.2 Å². The highest BCUT2D eigenvalue weighted by Gasteiger charge is 2.54. The lowest BCUT2D eigenvalue weighted by Gasteiger charge is -2.48. The van der Waals surface area contributed by atoms with Crippen molar-refractivity contribution in [2.75, 3.05) is 11.9 Å². The zero-order valence-corrected chi connectivity index (χ0v) is 10.1. The van der Waals surface area contributed by atoms with Crippen LogP contribution in [0.2, 0.25) is 0 Å². The highest BCUT2D eigenvalue weighted by molar-refractivity contribution is 5.51. The minimum Gasteiger partial charge on any atom is -0.380 e. The van der Waals surface area contributed by atoms with E-state index in [0.29, 0.717) is 17.6 Å². The predicted octanol–water partition coefficient (Wildman–Crippen LogP) is 2.65. The van der Waals surface area contributed by atoms with Crippen molar-refractivity contribution < 1.29 is 4.74 Å². The molecule has 2 nitrogen and oxygen atoms in total. The second kappa shape index (κ2) is 3.78. The van der Waals surface area contributed by atoms with E-state index in [1.807, 2.05) is 18.2 Å². The molecule has 3 atom stereocenters. The lowest BCUT2D eigenvalue weighted by atomic mass is 9.64. The van der Waals surface area contributed by atoms with Gasteiger partial charge in [0.05, 0.1) is 12.1 Å². The van der Waals surface area contributed by atoms with Crippen molar-refractivity contribution in [2.24, 2.45) is 5.41 Å². The summed E-state index contributed by atoms with van der Waals surface area (Å²) in [5, 5.41) is 3.53. The third kappa shape index (κ3) is 1.71. The normalized spacial score (nSPS) is 34.6. The van der Waals surface area contributed by atoms with Crippen molar-refractivity contribution in [3.05, 3.63) is 29.8 Å². The molecule has 1 saturated carbocycles. The summed E-state index contributed by atoms with van der Waals surface area (Å²) in [5.41, 5.74) is 2.42. The van der Waals surface area contributed by atoms with E-state index in [9.17, 15) is 0 Å². The third-order valence-corrected chi connectivity index (χ3v) is 4.09. The Hall–Kier alpha value is -1.46. The van der Waals surface area contributed by atoms with Crippen LogP contribution >= 0.6 is 0 Å². The first kappa shape index (κ1) is 10.7. The maximum atomic E-state index is 5.79. The lowest BCUT2D eigenvalue weighted by Crippen LogP contribution is -2.55. The molecule has 1 aromatic carbocycles. The van der Waals surface area contributed by atoms with Gasteiger partial charge in [-0.3, -0.25) is 0 Å². The highest BCUT2D eigenvalue weighted by Crippen LogP contribution is 2.50. The van der Waals surface area contributed by atoms with Gasteiger partial charge in [-0.15, -0.1) is 6.42 Å². The number of anilines is 1. The summed E-state index contributed by atoms with van der Waals surface area (Å²) in [6.45, 7) is 3.23. The summed E-state index contributed by atoms with van der Waals surface area (Å²) in [5.74, 6) is 2.66. The van der Waals surface area contributed by atoms with Crippen molar-refractivity contribution >= 4 is 5.69 Å². The summed E-state index contributed by atoms with van der Waals surface area (Å²) >= 11 is 0. The average molecular weight is 227 g/mol. The molecule has 0 spiro atoms. The zero-order chi connectivity index (χ0) is 11.9. The Balaban J connectivity index is 1.70. The minimum atomic E-state index is 0.372. The number of ether oxygens (including phenoxy) is 1. The quantitative estimate of drug-likeness (QED) is 0.784. The topological polar surface area (TPSA) is 21.3 Å². The molecule has 0 bridgehead atoms. The van der Waals surface area contributed by atoms with Crippen LogP contribution in [0.5, 0.6) is 0 Å². The molecule has 1 aliphatic heterocycles. The molecule has 1 aliphatic carbocycles. The average Bonchev–Trinajstić information content (AvgIpc) is 2.63. The number of nitrogens with one attached hydrogen (secondary N) is 1. The van der Waals surface area contributed by atoms with E-state index in [0.717, 1.165) is 17.9 Å². The van der Waals surface area contributed by atoms with E-state index in [1.165, 1.54) is 12.8 Å². The van der Waals surface area contributed by atoms with Gasteiger partial charge in [0.1, 0.15) is 0 Å². The molecule has 0 amide bonds. The first-order chi connectivity index (χ1) is 8.21. The van der Waals surface area contributed by atoms with Crippen molar-refractivity contribution in [3.63, 3.8) is 0 Å². The Morgan fingerprint density at radius 2 is 2.41 bits per heavy atom. The van der Waals surface area contributed by atoms with Crippen LogP contribution in [-0.2, 0) is 4.74 Å². The molecule has 1 unspecified atom stereocenters. The molecule has 1 heterocycles. The number of fused-ring (bicyclic) bond motifs is 1. The van der Waals surface area contributed by atoms with E-state index >= 15 is 0 Å². The minimum absolute atomic E-state index is 0.372. The summed E-state index contributed by atoms with van der Waals surface area (Å²) in [6.07, 6.45) is 8.16. The first-order valence-corrected chi connectivity index (χ1v) is 6.16. The van der Waals surface area contributed by atoms with Gasteiger partial charge in [-0.25, -0.2) is 0 Å². The Labute approximate surface area is 102 Å². The van der Waals surface area contributed by atoms with Gasteiger partial charge in [0.15, 0.2) is 0 Å². The second-order valence-electron chi connectivity index (χ2n) is 5.38. The lowest BCUT2D eigenvalue weighted by molar-refractivity contribution is -0.0321. The molecule has 17 heavy (non-hydrogen) atoms. The predicted molar refractivity (Wildman–Crippen MR) is 68.9 cm³/mol. The second-order valence-corrected chi connectivity index (χ2v) is 5.38. The van der Waals surface area contributed by atoms with Crippen LogP contribution in [-0.4, -0.2) is 18.8 Å². The summed E-state index contributed by atoms with van der Waals surface area (Å²) in [6, 6.07) is 8.46. The molecule has 2 fully saturated rings. The molecular weight excluding hydrogens is 210 g/mol. The number of rotatable bonds is 2. The molecule has 1 aromatic rings. The number of benzene rings is 1. The largest absolute Gasteiger partial charge is 0.380 e. The van der Waals surface area contributed by atoms with Gasteiger partial charge in [-0.2, -0.15) is 0 Å². The van der Waals surface area contributed by atoms with E-state index in [-0.39, 0.29) is 0 Å². The van der Waals surface area contributed by atoms with Crippen LogP contribution in [0.4, 0.5) is 5.69 Å². The monoisotopic (exact) mass is 227 g/mol. The molecule has 1 N–H and O–H groups in total. The molecule has 1 saturated heterocycles. The van der Waals surface area contributed by atoms with Crippen molar-refractivity contribution in [1.29, 1.82) is 0 Å². The van der Waals surface area contributed by atoms with Gasteiger partial charge in [-0.05, 0) is 36.5 Å². The summed E-state index contributed by atoms with van der Waals surface area (Å²) < 4.78 is 5.79. The van der Waals surface area contributed by atoms with Crippen molar-refractivity contribution in [1.82, 2.24) is 0 Å². The third-order valence-electron chi connectivity index (χ3n) is 4.09. The smallest absolute Gasteiger partial charge is 0.0831 e. The Morgan fingerprint density at radius 1 is 1.53 bits per heavy atom. The molecule has 88 valence electrons. The molecule has 2 heteroatoms. The van der Waals surface area contributed by atoms with Crippen LogP contribution in [0.15, 0.2) is 24.3 Å². The van der Waals surface area contributed by atoms with Gasteiger partial charge in [-0.1, -0.05) is 18.9 Å². The van der Waals surface area contributed by atoms with Gasteiger partial charge >= 0.3 is 0 Å². The zero-order valence-electron chi connectivity index (χ0n) is 10.1. The molecule has 0 aromatic heterocycles. The van der Waals surface area contributed by atoms with Crippen LogP contribution in [0, 0.1) is 17.8 Å². The van der Waals surface area contributed by atoms with Crippen LogP contribution in [0.25, 0.3) is 0 Å². The molecule has 2 aliphatic rings. The van der Waals surface area contributed by atoms with Crippen molar-refractivity contribution in [2.45, 2.75) is 31.9 Å². The fraction of sp³-hybridized carbons (Fsp3) is 0.467. The summed E-state index contributed by atoms with van der Waals surface area (Å²) in [7, 11) is 0. The Bertz CT molecular complexity index is 476. The number of hydrogen-bond acceptors (Lipinski definition) is 2. The number of terminal acetylenes is 1. The summed E-state index contributed by atoms with van der Waals surface area (Å²) in [4.78, 5) is 0. The van der Waals surface area contributed by atoms with E-state index < -0.39 is 0 Å². The van der Waals surface area contributed by atoms with Crippen LogP contribution < -0.4 is 5.32 Å². The van der Waals surface area contributed by atoms with E-state index in [1.54, 1.807) is 0 Å². The molecular formula is C15H17NO. The van der Waals surface area contributed by atoms with Crippen LogP contribution in [0.3, 0.4) is 0 Å². The van der Waals surface area contributed by atoms with E-state index in [4.69, 9.17) is 11.2 Å². The SMILES string of the molecule is C#Cc1cccc(NC2C[C@]3(C)CCO[C@H]23)c1. The molecule has 3 rings (SSSR count). The molecule has 0 radical (unpaired) electrons.